The summed E-state index contributed by atoms with van der Waals surface area (Å²) in [5.74, 6) is 0.316. The van der Waals surface area contributed by atoms with Crippen LogP contribution in [0, 0.1) is 5.82 Å². The predicted octanol–water partition coefficient (Wildman–Crippen LogP) is 1.59. The first-order valence-corrected chi connectivity index (χ1v) is 5.90. The molecule has 0 fully saturated rings. The van der Waals surface area contributed by atoms with Crippen LogP contribution in [-0.2, 0) is 0 Å². The van der Waals surface area contributed by atoms with Gasteiger partial charge in [0.25, 0.3) is 0 Å². The molecule has 0 aliphatic heterocycles. The number of ether oxygens (including phenoxy) is 1. The van der Waals surface area contributed by atoms with Gasteiger partial charge >= 0.3 is 0 Å². The van der Waals surface area contributed by atoms with Gasteiger partial charge in [-0.1, -0.05) is 0 Å². The van der Waals surface area contributed by atoms with Crippen LogP contribution in [0.25, 0.3) is 10.9 Å². The molecule has 0 saturated heterocycles. The molecular weight excluding hydrogens is 249 g/mol. The normalized spacial score (nSPS) is 12.5. The van der Waals surface area contributed by atoms with Crippen molar-refractivity contribution in [3.05, 3.63) is 24.3 Å². The third kappa shape index (κ3) is 2.73. The van der Waals surface area contributed by atoms with Crippen molar-refractivity contribution >= 4 is 16.7 Å². The molecule has 5 nitrogen and oxygen atoms in total. The summed E-state index contributed by atoms with van der Waals surface area (Å²) in [4.78, 5) is 10.0. The van der Waals surface area contributed by atoms with Gasteiger partial charge in [-0.25, -0.2) is 14.4 Å². The van der Waals surface area contributed by atoms with Gasteiger partial charge in [0, 0.05) is 25.0 Å². The van der Waals surface area contributed by atoms with Gasteiger partial charge in [-0.2, -0.15) is 0 Å². The van der Waals surface area contributed by atoms with Crippen molar-refractivity contribution in [2.45, 2.75) is 13.0 Å². The van der Waals surface area contributed by atoms with Crippen LogP contribution < -0.4 is 9.64 Å². The first-order valence-electron chi connectivity index (χ1n) is 5.90. The number of rotatable bonds is 4. The summed E-state index contributed by atoms with van der Waals surface area (Å²) in [5, 5.41) is 10.1. The molecule has 1 aromatic carbocycles. The highest BCUT2D eigenvalue weighted by atomic mass is 19.1. The van der Waals surface area contributed by atoms with Crippen LogP contribution in [0.2, 0.25) is 0 Å². The van der Waals surface area contributed by atoms with E-state index in [1.54, 1.807) is 17.9 Å². The van der Waals surface area contributed by atoms with Crippen molar-refractivity contribution in [1.82, 2.24) is 9.97 Å². The summed E-state index contributed by atoms with van der Waals surface area (Å²) in [7, 11) is 3.22. The highest BCUT2D eigenvalue weighted by Gasteiger charge is 2.13. The third-order valence-corrected chi connectivity index (χ3v) is 2.79. The Morgan fingerprint density at radius 3 is 2.79 bits per heavy atom. The third-order valence-electron chi connectivity index (χ3n) is 2.79. The predicted molar refractivity (Wildman–Crippen MR) is 71.0 cm³/mol. The van der Waals surface area contributed by atoms with Crippen LogP contribution in [0.1, 0.15) is 6.92 Å². The Hall–Kier alpha value is -1.95. The highest BCUT2D eigenvalue weighted by Crippen LogP contribution is 2.28. The zero-order chi connectivity index (χ0) is 14.0. The molecule has 0 aliphatic carbocycles. The number of aliphatic hydroxyl groups is 1. The average molecular weight is 265 g/mol. The Morgan fingerprint density at radius 1 is 1.42 bits per heavy atom. The molecular formula is C13H16FN3O2. The van der Waals surface area contributed by atoms with E-state index in [2.05, 4.69) is 9.97 Å². The fourth-order valence-electron chi connectivity index (χ4n) is 1.99. The molecule has 2 aromatic rings. The maximum atomic E-state index is 13.6. The lowest BCUT2D eigenvalue weighted by Crippen LogP contribution is -2.27. The lowest BCUT2D eigenvalue weighted by molar-refractivity contribution is 0.201. The van der Waals surface area contributed by atoms with Gasteiger partial charge in [0.05, 0.1) is 18.7 Å². The Morgan fingerprint density at radius 2 is 2.16 bits per heavy atom. The van der Waals surface area contributed by atoms with E-state index in [1.165, 1.54) is 19.5 Å². The second-order valence-corrected chi connectivity index (χ2v) is 4.43. The van der Waals surface area contributed by atoms with E-state index >= 15 is 0 Å². The fourth-order valence-corrected chi connectivity index (χ4v) is 1.99. The van der Waals surface area contributed by atoms with E-state index in [1.807, 2.05) is 7.05 Å². The molecule has 0 radical (unpaired) electrons. The van der Waals surface area contributed by atoms with Crippen LogP contribution in [-0.4, -0.2) is 41.9 Å². The number of halogens is 1. The second-order valence-electron chi connectivity index (χ2n) is 4.43. The Bertz CT molecular complexity index is 589. The molecule has 19 heavy (non-hydrogen) atoms. The van der Waals surface area contributed by atoms with Crippen molar-refractivity contribution in [2.24, 2.45) is 0 Å². The van der Waals surface area contributed by atoms with E-state index < -0.39 is 11.9 Å². The molecule has 1 N–H and O–H groups in total. The van der Waals surface area contributed by atoms with Crippen LogP contribution in [0.15, 0.2) is 18.5 Å². The number of aromatic nitrogens is 2. The van der Waals surface area contributed by atoms with Crippen molar-refractivity contribution < 1.29 is 14.2 Å². The molecule has 0 saturated carbocycles. The minimum Gasteiger partial charge on any atom is -0.494 e. The van der Waals surface area contributed by atoms with E-state index in [-0.39, 0.29) is 5.75 Å². The summed E-state index contributed by atoms with van der Waals surface area (Å²) in [5.41, 5.74) is 0.501. The first kappa shape index (κ1) is 13.5. The van der Waals surface area contributed by atoms with Crippen LogP contribution >= 0.6 is 0 Å². The van der Waals surface area contributed by atoms with Gasteiger partial charge in [0.1, 0.15) is 12.1 Å². The van der Waals surface area contributed by atoms with E-state index in [0.29, 0.717) is 23.3 Å². The number of anilines is 1. The number of aliphatic hydroxyl groups excluding tert-OH is 1. The number of fused-ring (bicyclic) bond motifs is 1. The smallest absolute Gasteiger partial charge is 0.167 e. The Kier molecular flexibility index (Phi) is 3.80. The lowest BCUT2D eigenvalue weighted by Gasteiger charge is -2.21. The maximum absolute atomic E-state index is 13.6. The molecule has 1 unspecified atom stereocenters. The number of likely N-dealkylation sites (N-methyl/N-ethyl adjacent to an activating group) is 1. The molecule has 1 aromatic heterocycles. The zero-order valence-electron chi connectivity index (χ0n) is 11.1. The van der Waals surface area contributed by atoms with E-state index in [9.17, 15) is 9.50 Å². The number of benzene rings is 1. The molecule has 0 amide bonds. The topological polar surface area (TPSA) is 58.5 Å². The molecule has 1 atom stereocenters. The molecule has 0 spiro atoms. The average Bonchev–Trinajstić information content (AvgIpc) is 2.36. The van der Waals surface area contributed by atoms with Gasteiger partial charge in [0.2, 0.25) is 0 Å². The number of nitrogens with zero attached hydrogens (tertiary/aromatic N) is 3. The van der Waals surface area contributed by atoms with Gasteiger partial charge < -0.3 is 14.7 Å². The standard InChI is InChI=1S/C13H16FN3O2/c1-8(18)6-17(2)13-9-4-12(19-3)10(14)5-11(9)15-7-16-13/h4-5,7-8,18H,6H2,1-3H3. The monoisotopic (exact) mass is 265 g/mol. The van der Waals surface area contributed by atoms with Crippen LogP contribution in [0.3, 0.4) is 0 Å². The summed E-state index contributed by atoms with van der Waals surface area (Å²) < 4.78 is 18.6. The van der Waals surface area contributed by atoms with Gasteiger partial charge in [0.15, 0.2) is 11.6 Å². The highest BCUT2D eigenvalue weighted by molar-refractivity contribution is 5.90. The van der Waals surface area contributed by atoms with Crippen molar-refractivity contribution in [3.8, 4) is 5.75 Å². The summed E-state index contributed by atoms with van der Waals surface area (Å²) in [6.07, 6.45) is 0.889. The molecule has 0 bridgehead atoms. The maximum Gasteiger partial charge on any atom is 0.167 e. The lowest BCUT2D eigenvalue weighted by atomic mass is 10.2. The van der Waals surface area contributed by atoms with Crippen LogP contribution in [0.5, 0.6) is 5.75 Å². The van der Waals surface area contributed by atoms with Crippen molar-refractivity contribution in [1.29, 1.82) is 0 Å². The van der Waals surface area contributed by atoms with Gasteiger partial charge in [-0.3, -0.25) is 0 Å². The largest absolute Gasteiger partial charge is 0.494 e. The minimum atomic E-state index is -0.489. The van der Waals surface area contributed by atoms with Crippen molar-refractivity contribution in [3.63, 3.8) is 0 Å². The molecule has 0 aliphatic rings. The first-order chi connectivity index (χ1) is 9.02. The van der Waals surface area contributed by atoms with E-state index in [0.717, 1.165) is 0 Å². The fraction of sp³-hybridized carbons (Fsp3) is 0.385. The Labute approximate surface area is 110 Å². The molecule has 102 valence electrons. The van der Waals surface area contributed by atoms with Gasteiger partial charge in [-0.15, -0.1) is 0 Å². The summed E-state index contributed by atoms with van der Waals surface area (Å²) in [6.45, 7) is 2.12. The number of hydrogen-bond donors (Lipinski definition) is 1. The zero-order valence-corrected chi connectivity index (χ0v) is 11.1. The number of hydrogen-bond acceptors (Lipinski definition) is 5. The molecule has 2 rings (SSSR count). The summed E-state index contributed by atoms with van der Waals surface area (Å²) in [6, 6.07) is 2.88. The Balaban J connectivity index is 2.55. The minimum absolute atomic E-state index is 0.147. The summed E-state index contributed by atoms with van der Waals surface area (Å²) >= 11 is 0. The molecule has 6 heteroatoms. The number of methoxy groups -OCH3 is 1. The van der Waals surface area contributed by atoms with Crippen LogP contribution in [0.4, 0.5) is 10.2 Å². The second kappa shape index (κ2) is 5.36. The van der Waals surface area contributed by atoms with E-state index in [4.69, 9.17) is 4.74 Å². The van der Waals surface area contributed by atoms with Crippen molar-refractivity contribution in [2.75, 3.05) is 25.6 Å². The SMILES string of the molecule is COc1cc2c(N(C)CC(C)O)ncnc2cc1F. The quantitative estimate of drug-likeness (QED) is 0.909. The molecule has 1 heterocycles. The van der Waals surface area contributed by atoms with Gasteiger partial charge in [-0.05, 0) is 13.0 Å².